The quantitative estimate of drug-likeness (QED) is 0.583. The van der Waals surface area contributed by atoms with Gasteiger partial charge in [-0.15, -0.1) is 0 Å². The summed E-state index contributed by atoms with van der Waals surface area (Å²) in [6.07, 6.45) is 7.42. The summed E-state index contributed by atoms with van der Waals surface area (Å²) in [6, 6.07) is 13.7. The zero-order chi connectivity index (χ0) is 20.9. The Balaban J connectivity index is 1.48. The van der Waals surface area contributed by atoms with Crippen molar-refractivity contribution >= 4 is 29.2 Å². The molecule has 0 radical (unpaired) electrons. The number of pyridine rings is 1. The highest BCUT2D eigenvalue weighted by Gasteiger charge is 2.26. The number of halogens is 1. The van der Waals surface area contributed by atoms with Crippen molar-refractivity contribution < 1.29 is 9.53 Å². The molecule has 3 heterocycles. The largest absolute Gasteiger partial charge is 0.496 e. The Morgan fingerprint density at radius 1 is 1.23 bits per heavy atom. The molecule has 1 fully saturated rings. The molecule has 4 rings (SSSR count). The molecule has 156 valence electrons. The number of methoxy groups -OCH3 is 1. The van der Waals surface area contributed by atoms with Crippen LogP contribution < -0.4 is 10.1 Å². The minimum Gasteiger partial charge on any atom is -0.496 e. The van der Waals surface area contributed by atoms with Gasteiger partial charge in [-0.3, -0.25) is 14.1 Å². The molecule has 7 heteroatoms. The zero-order valence-electron chi connectivity index (χ0n) is 16.9. The van der Waals surface area contributed by atoms with Crippen LogP contribution in [0.1, 0.15) is 30.1 Å². The van der Waals surface area contributed by atoms with E-state index in [1.165, 1.54) is 18.9 Å². The Hall–Kier alpha value is -2.83. The number of imidazole rings is 1. The van der Waals surface area contributed by atoms with Gasteiger partial charge in [0.05, 0.1) is 18.8 Å². The number of fused-ring (bicyclic) bond motifs is 1. The van der Waals surface area contributed by atoms with E-state index in [0.29, 0.717) is 17.4 Å². The monoisotopic (exact) mass is 424 g/mol. The lowest BCUT2D eigenvalue weighted by Crippen LogP contribution is -2.36. The van der Waals surface area contributed by atoms with Gasteiger partial charge in [0.2, 0.25) is 5.91 Å². The number of likely N-dealkylation sites (tertiary alicyclic amines) is 1. The van der Waals surface area contributed by atoms with Crippen molar-refractivity contribution in [2.75, 3.05) is 26.7 Å². The summed E-state index contributed by atoms with van der Waals surface area (Å²) in [5, 5.41) is 3.41. The summed E-state index contributed by atoms with van der Waals surface area (Å²) < 4.78 is 7.42. The summed E-state index contributed by atoms with van der Waals surface area (Å²) in [4.78, 5) is 19.3. The van der Waals surface area contributed by atoms with E-state index in [1.54, 1.807) is 13.2 Å². The Morgan fingerprint density at radius 2 is 2.00 bits per heavy atom. The maximum Gasteiger partial charge on any atom is 0.244 e. The van der Waals surface area contributed by atoms with Crippen molar-refractivity contribution in [1.82, 2.24) is 19.6 Å². The third-order valence-electron chi connectivity index (χ3n) is 5.46. The molecule has 1 aromatic carbocycles. The van der Waals surface area contributed by atoms with E-state index in [0.717, 1.165) is 30.0 Å². The van der Waals surface area contributed by atoms with Crippen molar-refractivity contribution in [1.29, 1.82) is 0 Å². The van der Waals surface area contributed by atoms with E-state index in [1.807, 2.05) is 47.0 Å². The molecule has 1 atom stereocenters. The van der Waals surface area contributed by atoms with Gasteiger partial charge >= 0.3 is 0 Å². The molecule has 1 amide bonds. The summed E-state index contributed by atoms with van der Waals surface area (Å²) in [5.41, 5.74) is 2.52. The minimum atomic E-state index is -0.170. The van der Waals surface area contributed by atoms with Crippen molar-refractivity contribution in [3.63, 3.8) is 0 Å². The molecule has 0 aliphatic carbocycles. The molecule has 6 nitrogen and oxygen atoms in total. The van der Waals surface area contributed by atoms with E-state index >= 15 is 0 Å². The number of nitrogens with one attached hydrogen (secondary N) is 1. The SMILES string of the molecule is COc1ccccc1C(CNC(=O)/C=C/c1c(Cl)nc2ccccn12)N1CCCC1. The van der Waals surface area contributed by atoms with E-state index < -0.39 is 0 Å². The second kappa shape index (κ2) is 9.32. The number of benzene rings is 1. The van der Waals surface area contributed by atoms with E-state index in [9.17, 15) is 4.79 Å². The number of carbonyl (C=O) groups is 1. The summed E-state index contributed by atoms with van der Waals surface area (Å²) in [7, 11) is 1.68. The third-order valence-corrected chi connectivity index (χ3v) is 5.74. The first-order valence-electron chi connectivity index (χ1n) is 10.1. The first-order chi connectivity index (χ1) is 14.7. The second-order valence-electron chi connectivity index (χ2n) is 7.30. The minimum absolute atomic E-state index is 0.0698. The molecule has 30 heavy (non-hydrogen) atoms. The molecular weight excluding hydrogens is 400 g/mol. The number of hydrogen-bond donors (Lipinski definition) is 1. The molecule has 0 bridgehead atoms. The van der Waals surface area contributed by atoms with Crippen LogP contribution in [-0.2, 0) is 4.79 Å². The fourth-order valence-corrected chi connectivity index (χ4v) is 4.22. The Morgan fingerprint density at radius 3 is 2.80 bits per heavy atom. The molecule has 1 N–H and O–H groups in total. The maximum atomic E-state index is 12.6. The van der Waals surface area contributed by atoms with E-state index in [-0.39, 0.29) is 11.9 Å². The number of hydrogen-bond acceptors (Lipinski definition) is 4. The number of nitrogens with zero attached hydrogens (tertiary/aromatic N) is 3. The Kier molecular flexibility index (Phi) is 6.35. The second-order valence-corrected chi connectivity index (χ2v) is 7.65. The van der Waals surface area contributed by atoms with Crippen molar-refractivity contribution in [3.8, 4) is 5.75 Å². The van der Waals surface area contributed by atoms with Gasteiger partial charge in [-0.2, -0.15) is 0 Å². The number of ether oxygens (including phenoxy) is 1. The lowest BCUT2D eigenvalue weighted by molar-refractivity contribution is -0.116. The van der Waals surface area contributed by atoms with Crippen LogP contribution in [0.4, 0.5) is 0 Å². The van der Waals surface area contributed by atoms with Crippen molar-refractivity contribution in [2.24, 2.45) is 0 Å². The highest BCUT2D eigenvalue weighted by molar-refractivity contribution is 6.31. The first-order valence-corrected chi connectivity index (χ1v) is 10.5. The molecule has 1 aliphatic rings. The van der Waals surface area contributed by atoms with Gasteiger partial charge in [0, 0.05) is 24.4 Å². The smallest absolute Gasteiger partial charge is 0.244 e. The summed E-state index contributed by atoms with van der Waals surface area (Å²) >= 11 is 6.24. The van der Waals surface area contributed by atoms with E-state index in [4.69, 9.17) is 16.3 Å². The summed E-state index contributed by atoms with van der Waals surface area (Å²) in [6.45, 7) is 2.54. The normalized spacial score (nSPS) is 15.7. The molecule has 1 saturated heterocycles. The Labute approximate surface area is 181 Å². The molecule has 1 aliphatic heterocycles. The van der Waals surface area contributed by atoms with Crippen LogP contribution in [-0.4, -0.2) is 46.9 Å². The maximum absolute atomic E-state index is 12.6. The number of para-hydroxylation sites is 1. The molecule has 2 aromatic heterocycles. The zero-order valence-corrected chi connectivity index (χ0v) is 17.7. The predicted molar refractivity (Wildman–Crippen MR) is 119 cm³/mol. The number of aromatic nitrogens is 2. The number of amides is 1. The highest BCUT2D eigenvalue weighted by atomic mass is 35.5. The average molecular weight is 425 g/mol. The lowest BCUT2D eigenvalue weighted by Gasteiger charge is -2.29. The van der Waals surface area contributed by atoms with Crippen molar-refractivity contribution in [3.05, 3.63) is 71.1 Å². The van der Waals surface area contributed by atoms with Gasteiger partial charge in [-0.25, -0.2) is 4.98 Å². The average Bonchev–Trinajstić information content (AvgIpc) is 3.40. The molecule has 0 spiro atoms. The van der Waals surface area contributed by atoms with Gasteiger partial charge < -0.3 is 10.1 Å². The standard InChI is InChI=1S/C23H25ClN4O2/c1-30-20-9-3-2-8-17(20)19(27-13-6-7-14-27)16-25-22(29)12-11-18-23(24)26-21-10-4-5-15-28(18)21/h2-5,8-12,15,19H,6-7,13-14,16H2,1H3,(H,25,29)/b12-11+. The van der Waals surface area contributed by atoms with Gasteiger partial charge in [-0.1, -0.05) is 35.9 Å². The molecule has 3 aromatic rings. The lowest BCUT2D eigenvalue weighted by atomic mass is 10.0. The number of carbonyl (C=O) groups excluding carboxylic acids is 1. The fourth-order valence-electron chi connectivity index (χ4n) is 3.98. The first kappa shape index (κ1) is 20.4. The van der Waals surface area contributed by atoms with Crippen LogP contribution in [0.15, 0.2) is 54.7 Å². The molecule has 0 saturated carbocycles. The van der Waals surface area contributed by atoms with Crippen LogP contribution in [0, 0.1) is 0 Å². The fraction of sp³-hybridized carbons (Fsp3) is 0.304. The van der Waals surface area contributed by atoms with Crippen molar-refractivity contribution in [2.45, 2.75) is 18.9 Å². The van der Waals surface area contributed by atoms with Crippen LogP contribution in [0.2, 0.25) is 5.15 Å². The van der Waals surface area contributed by atoms with Gasteiger partial charge in [0.15, 0.2) is 5.15 Å². The molecular formula is C23H25ClN4O2. The van der Waals surface area contributed by atoms with E-state index in [2.05, 4.69) is 21.3 Å². The topological polar surface area (TPSA) is 58.9 Å². The Bertz CT molecular complexity index is 1060. The summed E-state index contributed by atoms with van der Waals surface area (Å²) in [5.74, 6) is 0.674. The third kappa shape index (κ3) is 4.35. The van der Waals surface area contributed by atoms with Crippen LogP contribution in [0.5, 0.6) is 5.75 Å². The van der Waals surface area contributed by atoms with Crippen LogP contribution in [0.25, 0.3) is 11.7 Å². The van der Waals surface area contributed by atoms with Gasteiger partial charge in [0.25, 0.3) is 0 Å². The van der Waals surface area contributed by atoms with Gasteiger partial charge in [-0.05, 0) is 50.2 Å². The molecule has 1 unspecified atom stereocenters. The highest BCUT2D eigenvalue weighted by Crippen LogP contribution is 2.31. The van der Waals surface area contributed by atoms with Gasteiger partial charge in [0.1, 0.15) is 11.4 Å². The van der Waals surface area contributed by atoms with Crippen LogP contribution >= 0.6 is 11.6 Å². The van der Waals surface area contributed by atoms with Crippen LogP contribution in [0.3, 0.4) is 0 Å². The predicted octanol–water partition coefficient (Wildman–Crippen LogP) is 3.96. The number of rotatable bonds is 7.